The van der Waals surface area contributed by atoms with Gasteiger partial charge in [0.2, 0.25) is 11.7 Å². The van der Waals surface area contributed by atoms with E-state index in [0.29, 0.717) is 5.82 Å². The number of carbonyl (C=O) groups is 1. The summed E-state index contributed by atoms with van der Waals surface area (Å²) in [6.45, 7) is 0. The van der Waals surface area contributed by atoms with Crippen molar-refractivity contribution in [3.8, 4) is 0 Å². The first-order valence-corrected chi connectivity index (χ1v) is 6.65. The number of nitrogens with zero attached hydrogens (tertiary/aromatic N) is 2. The van der Waals surface area contributed by atoms with E-state index in [9.17, 15) is 4.79 Å². The summed E-state index contributed by atoms with van der Waals surface area (Å²) >= 11 is 0. The van der Waals surface area contributed by atoms with E-state index < -0.39 is 5.60 Å². The molecule has 1 fully saturated rings. The maximum absolute atomic E-state index is 11.2. The highest BCUT2D eigenvalue weighted by molar-refractivity contribution is 5.71. The normalized spacial score (nSPS) is 18.8. The topological polar surface area (TPSA) is 74.5 Å². The summed E-state index contributed by atoms with van der Waals surface area (Å²) in [5.74, 6) is 0.445. The average molecular weight is 268 g/mol. The van der Waals surface area contributed by atoms with Gasteiger partial charge in [-0.1, -0.05) is 30.8 Å². The number of methoxy groups -OCH3 is 2. The molecule has 1 aromatic heterocycles. The van der Waals surface area contributed by atoms with Gasteiger partial charge in [-0.05, 0) is 12.8 Å². The molecule has 1 heterocycles. The second-order valence-electron chi connectivity index (χ2n) is 4.88. The highest BCUT2D eigenvalue weighted by atomic mass is 16.5. The fourth-order valence-electron chi connectivity index (χ4n) is 2.53. The van der Waals surface area contributed by atoms with Crippen LogP contribution in [0, 0.1) is 0 Å². The van der Waals surface area contributed by atoms with Gasteiger partial charge in [0.1, 0.15) is 12.0 Å². The van der Waals surface area contributed by atoms with Gasteiger partial charge in [0.25, 0.3) is 0 Å². The fraction of sp³-hybridized carbons (Fsp3) is 0.769. The monoisotopic (exact) mass is 268 g/mol. The Morgan fingerprint density at radius 2 is 1.95 bits per heavy atom. The molecule has 1 aromatic rings. The van der Waals surface area contributed by atoms with Gasteiger partial charge in [0.15, 0.2) is 0 Å². The molecule has 0 amide bonds. The summed E-state index contributed by atoms with van der Waals surface area (Å²) in [5.41, 5.74) is -0.464. The Morgan fingerprint density at radius 3 is 2.53 bits per heavy atom. The molecule has 6 nitrogen and oxygen atoms in total. The van der Waals surface area contributed by atoms with Crippen molar-refractivity contribution in [3.05, 3.63) is 11.7 Å². The highest BCUT2D eigenvalue weighted by Crippen LogP contribution is 2.37. The Labute approximate surface area is 112 Å². The Hall–Kier alpha value is -1.43. The van der Waals surface area contributed by atoms with Gasteiger partial charge in [0, 0.05) is 7.11 Å². The molecule has 2 rings (SSSR count). The Kier molecular flexibility index (Phi) is 4.52. The first kappa shape index (κ1) is 14.0. The summed E-state index contributed by atoms with van der Waals surface area (Å²) in [4.78, 5) is 15.5. The maximum Gasteiger partial charge on any atom is 0.315 e. The van der Waals surface area contributed by atoms with Crippen molar-refractivity contribution < 1.29 is 18.8 Å². The number of rotatable bonds is 4. The second-order valence-corrected chi connectivity index (χ2v) is 4.88. The minimum atomic E-state index is -0.464. The van der Waals surface area contributed by atoms with Crippen LogP contribution in [-0.2, 0) is 26.3 Å². The third-order valence-electron chi connectivity index (χ3n) is 3.70. The molecule has 0 N–H and O–H groups in total. The SMILES string of the molecule is COC(=O)Cc1nc(C2(OC)CCCCCC2)no1. The predicted octanol–water partition coefficient (Wildman–Crippen LogP) is 1.98. The Bertz CT molecular complexity index is 422. The summed E-state index contributed by atoms with van der Waals surface area (Å²) < 4.78 is 15.4. The molecular weight excluding hydrogens is 248 g/mol. The van der Waals surface area contributed by atoms with Crippen LogP contribution in [0.15, 0.2) is 4.52 Å². The fourth-order valence-corrected chi connectivity index (χ4v) is 2.53. The largest absolute Gasteiger partial charge is 0.469 e. The molecule has 0 bridgehead atoms. The van der Waals surface area contributed by atoms with Gasteiger partial charge < -0.3 is 14.0 Å². The lowest BCUT2D eigenvalue weighted by molar-refractivity contribution is -0.140. The molecular formula is C13H20N2O4. The van der Waals surface area contributed by atoms with E-state index in [1.807, 2.05) is 0 Å². The Morgan fingerprint density at radius 1 is 1.26 bits per heavy atom. The highest BCUT2D eigenvalue weighted by Gasteiger charge is 2.37. The van der Waals surface area contributed by atoms with Crippen LogP contribution in [0.5, 0.6) is 0 Å². The van der Waals surface area contributed by atoms with E-state index >= 15 is 0 Å². The number of carbonyl (C=O) groups excluding carboxylic acids is 1. The second kappa shape index (κ2) is 6.14. The van der Waals surface area contributed by atoms with Crippen LogP contribution in [0.2, 0.25) is 0 Å². The minimum absolute atomic E-state index is 0.00327. The van der Waals surface area contributed by atoms with Crippen LogP contribution in [0.25, 0.3) is 0 Å². The van der Waals surface area contributed by atoms with Crippen LogP contribution >= 0.6 is 0 Å². The molecule has 0 aliphatic heterocycles. The average Bonchev–Trinajstić information content (AvgIpc) is 2.76. The molecule has 0 atom stereocenters. The van der Waals surface area contributed by atoms with Crippen molar-refractivity contribution >= 4 is 5.97 Å². The zero-order valence-corrected chi connectivity index (χ0v) is 11.5. The molecule has 6 heteroatoms. The number of ether oxygens (including phenoxy) is 2. The zero-order chi connectivity index (χ0) is 13.7. The molecule has 0 radical (unpaired) electrons. The van der Waals surface area contributed by atoms with Crippen molar-refractivity contribution in [2.45, 2.75) is 50.5 Å². The molecule has 0 saturated heterocycles. The van der Waals surface area contributed by atoms with Crippen molar-refractivity contribution in [1.82, 2.24) is 10.1 Å². The van der Waals surface area contributed by atoms with E-state index in [0.717, 1.165) is 25.7 Å². The summed E-state index contributed by atoms with van der Waals surface area (Å²) in [7, 11) is 3.02. The molecule has 1 aliphatic carbocycles. The van der Waals surface area contributed by atoms with E-state index in [1.165, 1.54) is 20.0 Å². The van der Waals surface area contributed by atoms with Crippen LogP contribution in [0.4, 0.5) is 0 Å². The van der Waals surface area contributed by atoms with Gasteiger partial charge in [-0.3, -0.25) is 4.79 Å². The molecule has 0 unspecified atom stereocenters. The van der Waals surface area contributed by atoms with Crippen molar-refractivity contribution in [2.75, 3.05) is 14.2 Å². The first-order chi connectivity index (χ1) is 9.20. The quantitative estimate of drug-likeness (QED) is 0.614. The lowest BCUT2D eigenvalue weighted by Gasteiger charge is -2.27. The lowest BCUT2D eigenvalue weighted by Crippen LogP contribution is -2.29. The number of aromatic nitrogens is 2. The standard InChI is InChI=1S/C13H20N2O4/c1-17-11(16)9-10-14-12(15-19-10)13(18-2)7-5-3-4-6-8-13/h3-9H2,1-2H3. The molecule has 19 heavy (non-hydrogen) atoms. The molecule has 0 spiro atoms. The van der Waals surface area contributed by atoms with Gasteiger partial charge in [-0.15, -0.1) is 0 Å². The van der Waals surface area contributed by atoms with Crippen molar-refractivity contribution in [2.24, 2.45) is 0 Å². The number of hydrogen-bond donors (Lipinski definition) is 0. The minimum Gasteiger partial charge on any atom is -0.469 e. The maximum atomic E-state index is 11.2. The number of hydrogen-bond acceptors (Lipinski definition) is 6. The first-order valence-electron chi connectivity index (χ1n) is 6.65. The Balaban J connectivity index is 2.16. The van der Waals surface area contributed by atoms with Gasteiger partial charge >= 0.3 is 5.97 Å². The van der Waals surface area contributed by atoms with E-state index in [2.05, 4.69) is 14.9 Å². The van der Waals surface area contributed by atoms with Gasteiger partial charge in [0.05, 0.1) is 7.11 Å². The lowest BCUT2D eigenvalue weighted by atomic mass is 9.93. The third kappa shape index (κ3) is 3.12. The van der Waals surface area contributed by atoms with Gasteiger partial charge in [-0.2, -0.15) is 4.98 Å². The smallest absolute Gasteiger partial charge is 0.315 e. The van der Waals surface area contributed by atoms with E-state index in [4.69, 9.17) is 9.26 Å². The summed E-state index contributed by atoms with van der Waals surface area (Å²) in [6.07, 6.45) is 6.38. The van der Waals surface area contributed by atoms with Crippen LogP contribution < -0.4 is 0 Å². The van der Waals surface area contributed by atoms with Crippen molar-refractivity contribution in [3.63, 3.8) is 0 Å². The van der Waals surface area contributed by atoms with Crippen LogP contribution in [-0.4, -0.2) is 30.3 Å². The number of esters is 1. The molecule has 0 aromatic carbocycles. The van der Waals surface area contributed by atoms with Gasteiger partial charge in [-0.25, -0.2) is 0 Å². The third-order valence-corrected chi connectivity index (χ3v) is 3.70. The predicted molar refractivity (Wildman–Crippen MR) is 66.4 cm³/mol. The summed E-state index contributed by atoms with van der Waals surface area (Å²) in [6, 6.07) is 0. The molecule has 106 valence electrons. The van der Waals surface area contributed by atoms with Crippen molar-refractivity contribution in [1.29, 1.82) is 0 Å². The van der Waals surface area contributed by atoms with E-state index in [-0.39, 0.29) is 18.3 Å². The van der Waals surface area contributed by atoms with Crippen LogP contribution in [0.3, 0.4) is 0 Å². The van der Waals surface area contributed by atoms with E-state index in [1.54, 1.807) is 7.11 Å². The van der Waals surface area contributed by atoms with Crippen LogP contribution in [0.1, 0.15) is 50.2 Å². The zero-order valence-electron chi connectivity index (χ0n) is 11.5. The molecule has 1 saturated carbocycles. The summed E-state index contributed by atoms with van der Waals surface area (Å²) in [5, 5.41) is 3.99. The molecule has 1 aliphatic rings.